The van der Waals surface area contributed by atoms with Crippen LogP contribution in [0.2, 0.25) is 0 Å². The number of rotatable bonds is 5. The lowest BCUT2D eigenvalue weighted by atomic mass is 10.2. The normalized spacial score (nSPS) is 11.9. The second-order valence-corrected chi connectivity index (χ2v) is 5.72. The molecule has 0 aliphatic carbocycles. The molecule has 0 spiro atoms. The van der Waals surface area contributed by atoms with E-state index in [1.54, 1.807) is 20.8 Å². The summed E-state index contributed by atoms with van der Waals surface area (Å²) in [5.74, 6) is -2.65. The number of thiazole rings is 1. The number of oxime groups is 1. The minimum Gasteiger partial charge on any atom is -0.476 e. The number of nitrogen functional groups attached to an aromatic ring is 1. The molecule has 1 aromatic rings. The molecular weight excluding hydrogens is 298 g/mol. The molecule has 8 nitrogen and oxygen atoms in total. The van der Waals surface area contributed by atoms with Crippen molar-refractivity contribution in [2.24, 2.45) is 5.16 Å². The highest BCUT2D eigenvalue weighted by Gasteiger charge is 2.22. The molecule has 0 saturated heterocycles. The van der Waals surface area contributed by atoms with E-state index in [0.29, 0.717) is 0 Å². The molecule has 0 atom stereocenters. The first-order valence-electron chi connectivity index (χ1n) is 5.72. The standard InChI is InChI=1S/C12H15N3O5S/c1-6(10(18)19-12(2,3)4)20-15-8(9(16)17)7-5-21-11(13)14-7/h5H,1H2,2-4H3,(H2,13,14)(H,16,17). The van der Waals surface area contributed by atoms with Crippen LogP contribution in [0.1, 0.15) is 26.5 Å². The zero-order valence-electron chi connectivity index (χ0n) is 11.7. The third-order valence-electron chi connectivity index (χ3n) is 1.84. The zero-order chi connectivity index (χ0) is 16.2. The van der Waals surface area contributed by atoms with Crippen molar-refractivity contribution in [1.29, 1.82) is 0 Å². The number of aliphatic carboxylic acids is 1. The number of carbonyl (C=O) groups is 2. The number of anilines is 1. The van der Waals surface area contributed by atoms with Gasteiger partial charge in [0.05, 0.1) is 0 Å². The summed E-state index contributed by atoms with van der Waals surface area (Å²) in [5.41, 5.74) is 4.22. The molecule has 0 aliphatic rings. The van der Waals surface area contributed by atoms with Crippen LogP contribution in [-0.2, 0) is 19.2 Å². The lowest BCUT2D eigenvalue weighted by Gasteiger charge is -2.19. The van der Waals surface area contributed by atoms with Crippen LogP contribution in [-0.4, -0.2) is 33.3 Å². The monoisotopic (exact) mass is 313 g/mol. The van der Waals surface area contributed by atoms with E-state index < -0.39 is 29.0 Å². The molecule has 21 heavy (non-hydrogen) atoms. The van der Waals surface area contributed by atoms with E-state index in [9.17, 15) is 9.59 Å². The Bertz CT molecular complexity index is 600. The minimum atomic E-state index is -1.38. The molecule has 3 N–H and O–H groups in total. The van der Waals surface area contributed by atoms with Gasteiger partial charge in [-0.2, -0.15) is 0 Å². The molecule has 0 aliphatic heterocycles. The zero-order valence-corrected chi connectivity index (χ0v) is 12.6. The fourth-order valence-electron chi connectivity index (χ4n) is 1.06. The molecule has 0 amide bonds. The van der Waals surface area contributed by atoms with Crippen molar-refractivity contribution in [2.45, 2.75) is 26.4 Å². The van der Waals surface area contributed by atoms with Crippen LogP contribution in [0.4, 0.5) is 5.13 Å². The smallest absolute Gasteiger partial charge is 0.376 e. The maximum Gasteiger partial charge on any atom is 0.376 e. The SMILES string of the molecule is C=C(ON=C(C(=O)O)c1csc(N)n1)C(=O)OC(C)(C)C. The van der Waals surface area contributed by atoms with Gasteiger partial charge in [-0.05, 0) is 27.4 Å². The summed E-state index contributed by atoms with van der Waals surface area (Å²) < 4.78 is 4.99. The van der Waals surface area contributed by atoms with Crippen LogP contribution in [0.15, 0.2) is 22.9 Å². The number of carbonyl (C=O) groups excluding carboxylic acids is 1. The van der Waals surface area contributed by atoms with Crippen molar-refractivity contribution in [3.05, 3.63) is 23.4 Å². The molecule has 1 aromatic heterocycles. The Morgan fingerprint density at radius 2 is 2.10 bits per heavy atom. The number of hydrogen-bond acceptors (Lipinski definition) is 8. The lowest BCUT2D eigenvalue weighted by molar-refractivity contribution is -0.154. The van der Waals surface area contributed by atoms with Gasteiger partial charge in [0.1, 0.15) is 11.3 Å². The third-order valence-corrected chi connectivity index (χ3v) is 2.51. The molecule has 0 radical (unpaired) electrons. The number of hydrogen-bond donors (Lipinski definition) is 2. The molecule has 1 heterocycles. The van der Waals surface area contributed by atoms with E-state index in [-0.39, 0.29) is 10.8 Å². The van der Waals surface area contributed by atoms with Gasteiger partial charge in [-0.25, -0.2) is 14.6 Å². The van der Waals surface area contributed by atoms with Gasteiger partial charge < -0.3 is 20.4 Å². The average Bonchev–Trinajstić information content (AvgIpc) is 2.73. The second-order valence-electron chi connectivity index (χ2n) is 4.83. The van der Waals surface area contributed by atoms with Crippen LogP contribution >= 0.6 is 11.3 Å². The summed E-state index contributed by atoms with van der Waals surface area (Å²) in [6, 6.07) is 0. The van der Waals surface area contributed by atoms with Crippen LogP contribution in [0, 0.1) is 0 Å². The number of aromatic nitrogens is 1. The van der Waals surface area contributed by atoms with Crippen molar-refractivity contribution in [1.82, 2.24) is 4.98 Å². The fourth-order valence-corrected chi connectivity index (χ4v) is 1.61. The number of esters is 1. The van der Waals surface area contributed by atoms with E-state index in [1.165, 1.54) is 5.38 Å². The van der Waals surface area contributed by atoms with Gasteiger partial charge in [-0.15, -0.1) is 11.3 Å². The topological polar surface area (TPSA) is 124 Å². The number of ether oxygens (including phenoxy) is 1. The maximum absolute atomic E-state index is 11.6. The summed E-state index contributed by atoms with van der Waals surface area (Å²) in [6.45, 7) is 8.34. The first kappa shape index (κ1) is 16.6. The predicted octanol–water partition coefficient (Wildman–Crippen LogP) is 1.39. The van der Waals surface area contributed by atoms with E-state index in [1.807, 2.05) is 0 Å². The number of nitrogens with two attached hydrogens (primary N) is 1. The Kier molecular flexibility index (Phi) is 5.03. The Morgan fingerprint density at radius 3 is 2.52 bits per heavy atom. The molecule has 114 valence electrons. The predicted molar refractivity (Wildman–Crippen MR) is 76.8 cm³/mol. The first-order valence-corrected chi connectivity index (χ1v) is 6.60. The highest BCUT2D eigenvalue weighted by atomic mass is 32.1. The molecule has 1 rings (SSSR count). The summed E-state index contributed by atoms with van der Waals surface area (Å²) in [4.78, 5) is 31.1. The van der Waals surface area contributed by atoms with Gasteiger partial charge in [-0.3, -0.25) is 0 Å². The Morgan fingerprint density at radius 1 is 1.48 bits per heavy atom. The molecular formula is C12H15N3O5S. The van der Waals surface area contributed by atoms with E-state index >= 15 is 0 Å². The van der Waals surface area contributed by atoms with Gasteiger partial charge >= 0.3 is 11.9 Å². The van der Waals surface area contributed by atoms with Gasteiger partial charge in [0, 0.05) is 5.38 Å². The lowest BCUT2D eigenvalue weighted by Crippen LogP contribution is -2.25. The molecule has 9 heteroatoms. The number of carboxylic acids is 1. The average molecular weight is 313 g/mol. The van der Waals surface area contributed by atoms with Crippen LogP contribution in [0.25, 0.3) is 0 Å². The van der Waals surface area contributed by atoms with Crippen molar-refractivity contribution >= 4 is 34.1 Å². The van der Waals surface area contributed by atoms with Crippen molar-refractivity contribution < 1.29 is 24.3 Å². The van der Waals surface area contributed by atoms with Gasteiger partial charge in [-0.1, -0.05) is 5.16 Å². The van der Waals surface area contributed by atoms with Gasteiger partial charge in [0.25, 0.3) is 0 Å². The quantitative estimate of drug-likeness (QED) is 0.277. The Labute approximate surface area is 124 Å². The third kappa shape index (κ3) is 5.22. The van der Waals surface area contributed by atoms with Crippen LogP contribution in [0.5, 0.6) is 0 Å². The Hall–Kier alpha value is -2.42. The summed E-state index contributed by atoms with van der Waals surface area (Å²) in [5, 5.41) is 14.0. The van der Waals surface area contributed by atoms with Crippen molar-refractivity contribution in [3.63, 3.8) is 0 Å². The Balaban J connectivity index is 2.82. The minimum absolute atomic E-state index is 0.0296. The fraction of sp³-hybridized carbons (Fsp3) is 0.333. The van der Waals surface area contributed by atoms with Crippen LogP contribution in [0.3, 0.4) is 0 Å². The summed E-state index contributed by atoms with van der Waals surface area (Å²) in [7, 11) is 0. The van der Waals surface area contributed by atoms with Crippen molar-refractivity contribution in [3.8, 4) is 0 Å². The van der Waals surface area contributed by atoms with E-state index in [2.05, 4.69) is 16.7 Å². The highest BCUT2D eigenvalue weighted by Crippen LogP contribution is 2.14. The molecule has 0 bridgehead atoms. The second kappa shape index (κ2) is 6.35. The van der Waals surface area contributed by atoms with Gasteiger partial charge in [0.15, 0.2) is 5.13 Å². The van der Waals surface area contributed by atoms with Crippen LogP contribution < -0.4 is 5.73 Å². The molecule has 0 aromatic carbocycles. The van der Waals surface area contributed by atoms with Crippen molar-refractivity contribution in [2.75, 3.05) is 5.73 Å². The number of carboxylic acid groups (broad SMARTS) is 1. The highest BCUT2D eigenvalue weighted by molar-refractivity contribution is 7.13. The molecule has 0 fully saturated rings. The maximum atomic E-state index is 11.6. The largest absolute Gasteiger partial charge is 0.476 e. The summed E-state index contributed by atoms with van der Waals surface area (Å²) >= 11 is 1.05. The van der Waals surface area contributed by atoms with E-state index in [4.69, 9.17) is 20.4 Å². The van der Waals surface area contributed by atoms with E-state index in [0.717, 1.165) is 11.3 Å². The molecule has 0 unspecified atom stereocenters. The molecule has 0 saturated carbocycles. The first-order chi connectivity index (χ1) is 9.60. The van der Waals surface area contributed by atoms with Gasteiger partial charge in [0.2, 0.25) is 11.5 Å². The summed E-state index contributed by atoms with van der Waals surface area (Å²) in [6.07, 6.45) is 0. The number of nitrogens with zero attached hydrogens (tertiary/aromatic N) is 2.